The first-order chi connectivity index (χ1) is 8.02. The van der Waals surface area contributed by atoms with Gasteiger partial charge < -0.3 is 15.2 Å². The molecule has 0 aliphatic heterocycles. The summed E-state index contributed by atoms with van der Waals surface area (Å²) in [6.45, 7) is 3.89. The lowest BCUT2D eigenvalue weighted by molar-refractivity contribution is -0.122. The zero-order chi connectivity index (χ0) is 12.8. The normalized spacial score (nSPS) is 12.2. The number of amides is 1. The molecule has 17 heavy (non-hydrogen) atoms. The number of aromatic hydroxyl groups is 1. The summed E-state index contributed by atoms with van der Waals surface area (Å²) in [7, 11) is 0. The molecule has 5 heteroatoms. The molecule has 0 bridgehead atoms. The first-order valence-corrected chi connectivity index (χ1v) is 6.22. The van der Waals surface area contributed by atoms with Crippen LogP contribution in [0.5, 0.6) is 5.75 Å². The number of hydrogen-bond acceptors (Lipinski definition) is 3. The van der Waals surface area contributed by atoms with Crippen LogP contribution in [-0.2, 0) is 9.53 Å². The fourth-order valence-electron chi connectivity index (χ4n) is 1.13. The van der Waals surface area contributed by atoms with E-state index in [2.05, 4.69) is 21.2 Å². The van der Waals surface area contributed by atoms with E-state index in [1.807, 2.05) is 13.8 Å². The van der Waals surface area contributed by atoms with Gasteiger partial charge >= 0.3 is 0 Å². The van der Waals surface area contributed by atoms with Crippen molar-refractivity contribution < 1.29 is 14.6 Å². The van der Waals surface area contributed by atoms with Crippen LogP contribution in [0.2, 0.25) is 0 Å². The number of phenols is 1. The summed E-state index contributed by atoms with van der Waals surface area (Å²) in [6, 6.07) is 4.89. The van der Waals surface area contributed by atoms with Crippen molar-refractivity contribution in [3.8, 4) is 5.75 Å². The molecule has 0 radical (unpaired) electrons. The van der Waals surface area contributed by atoms with E-state index in [1.54, 1.807) is 12.1 Å². The number of rotatable bonds is 5. The van der Waals surface area contributed by atoms with Crippen molar-refractivity contribution in [2.75, 3.05) is 11.9 Å². The zero-order valence-electron chi connectivity index (χ0n) is 9.87. The van der Waals surface area contributed by atoms with Crippen LogP contribution < -0.4 is 5.32 Å². The molecule has 1 atom stereocenters. The average molecular weight is 302 g/mol. The number of phenolic OH excluding ortho intramolecular Hbond substituents is 1. The Bertz CT molecular complexity index is 395. The summed E-state index contributed by atoms with van der Waals surface area (Å²) in [6.07, 6.45) is 0.913. The Balaban J connectivity index is 2.50. The lowest BCUT2D eigenvalue weighted by Gasteiger charge is -2.11. The number of carbonyl (C=O) groups excluding carboxylic acids is 1. The number of hydrogen-bond donors (Lipinski definition) is 2. The topological polar surface area (TPSA) is 58.6 Å². The van der Waals surface area contributed by atoms with Crippen LogP contribution in [0.25, 0.3) is 0 Å². The summed E-state index contributed by atoms with van der Waals surface area (Å²) < 4.78 is 6.04. The second-order valence-electron chi connectivity index (χ2n) is 3.74. The molecule has 1 amide bonds. The Morgan fingerprint density at radius 3 is 2.88 bits per heavy atom. The van der Waals surface area contributed by atoms with E-state index >= 15 is 0 Å². The van der Waals surface area contributed by atoms with Crippen LogP contribution in [0.1, 0.15) is 20.3 Å². The van der Waals surface area contributed by atoms with Crippen LogP contribution >= 0.6 is 15.9 Å². The van der Waals surface area contributed by atoms with E-state index in [9.17, 15) is 9.90 Å². The minimum absolute atomic E-state index is 0.00941. The number of ether oxygens (including phenoxy) is 1. The van der Waals surface area contributed by atoms with E-state index in [0.29, 0.717) is 5.69 Å². The third-order valence-electron chi connectivity index (χ3n) is 2.31. The van der Waals surface area contributed by atoms with Gasteiger partial charge in [0.15, 0.2) is 0 Å². The van der Waals surface area contributed by atoms with Gasteiger partial charge in [-0.05, 0) is 31.5 Å². The van der Waals surface area contributed by atoms with Gasteiger partial charge in [-0.3, -0.25) is 4.79 Å². The number of nitrogens with one attached hydrogen (secondary N) is 1. The molecule has 0 saturated carbocycles. The summed E-state index contributed by atoms with van der Waals surface area (Å²) in [5.41, 5.74) is 0.381. The van der Waals surface area contributed by atoms with Crippen molar-refractivity contribution in [3.05, 3.63) is 22.7 Å². The van der Waals surface area contributed by atoms with Crippen LogP contribution in [0.3, 0.4) is 0 Å². The van der Waals surface area contributed by atoms with Gasteiger partial charge in [-0.15, -0.1) is 0 Å². The molecule has 1 aromatic rings. The Hall–Kier alpha value is -1.07. The molecule has 2 N–H and O–H groups in total. The first-order valence-electron chi connectivity index (χ1n) is 5.43. The van der Waals surface area contributed by atoms with E-state index < -0.39 is 0 Å². The molecular formula is C12H16BrNO3. The quantitative estimate of drug-likeness (QED) is 0.822. The largest absolute Gasteiger partial charge is 0.506 e. The molecule has 4 nitrogen and oxygen atoms in total. The summed E-state index contributed by atoms with van der Waals surface area (Å²) >= 11 is 3.22. The fraction of sp³-hybridized carbons (Fsp3) is 0.417. The third kappa shape index (κ3) is 4.75. The van der Waals surface area contributed by atoms with Gasteiger partial charge in [-0.25, -0.2) is 0 Å². The molecule has 1 rings (SSSR count). The number of halogens is 1. The standard InChI is InChI=1S/C12H16BrNO3/c1-3-8(2)17-7-12(16)14-10-5-4-9(13)6-11(10)15/h4-6,8,15H,3,7H2,1-2H3,(H,14,16)/t8-/m0/s1. The molecule has 0 aromatic heterocycles. The second-order valence-corrected chi connectivity index (χ2v) is 4.66. The zero-order valence-corrected chi connectivity index (χ0v) is 11.5. The molecule has 0 heterocycles. The molecule has 0 aliphatic carbocycles. The smallest absolute Gasteiger partial charge is 0.250 e. The van der Waals surface area contributed by atoms with Crippen LogP contribution in [0, 0.1) is 0 Å². The van der Waals surface area contributed by atoms with Crippen LogP contribution in [-0.4, -0.2) is 23.7 Å². The Morgan fingerprint density at radius 2 is 2.29 bits per heavy atom. The van der Waals surface area contributed by atoms with E-state index in [4.69, 9.17) is 4.74 Å². The van der Waals surface area contributed by atoms with Crippen LogP contribution in [0.15, 0.2) is 22.7 Å². The van der Waals surface area contributed by atoms with Gasteiger partial charge in [0, 0.05) is 4.47 Å². The Morgan fingerprint density at radius 1 is 1.59 bits per heavy atom. The average Bonchev–Trinajstić information content (AvgIpc) is 2.29. The van der Waals surface area contributed by atoms with Gasteiger partial charge in [0.2, 0.25) is 5.91 Å². The second kappa shape index (κ2) is 6.61. The van der Waals surface area contributed by atoms with E-state index in [1.165, 1.54) is 6.07 Å². The van der Waals surface area contributed by atoms with Gasteiger partial charge in [0.1, 0.15) is 12.4 Å². The first kappa shape index (κ1) is 14.0. The molecule has 0 aliphatic rings. The predicted molar refractivity (Wildman–Crippen MR) is 70.1 cm³/mol. The summed E-state index contributed by atoms with van der Waals surface area (Å²) in [5.74, 6) is -0.251. The molecule has 1 aromatic carbocycles. The highest BCUT2D eigenvalue weighted by Crippen LogP contribution is 2.26. The van der Waals surface area contributed by atoms with Crippen molar-refractivity contribution in [1.82, 2.24) is 0 Å². The molecule has 0 saturated heterocycles. The molecular weight excluding hydrogens is 286 g/mol. The summed E-state index contributed by atoms with van der Waals surface area (Å²) in [5, 5.41) is 12.2. The van der Waals surface area contributed by atoms with Crippen LogP contribution in [0.4, 0.5) is 5.69 Å². The number of carbonyl (C=O) groups is 1. The van der Waals surface area contributed by atoms with Crippen molar-refractivity contribution in [2.45, 2.75) is 26.4 Å². The van der Waals surface area contributed by atoms with Gasteiger partial charge in [0.05, 0.1) is 11.8 Å². The highest BCUT2D eigenvalue weighted by atomic mass is 79.9. The lowest BCUT2D eigenvalue weighted by Crippen LogP contribution is -2.21. The monoisotopic (exact) mass is 301 g/mol. The number of benzene rings is 1. The highest BCUT2D eigenvalue weighted by Gasteiger charge is 2.08. The predicted octanol–water partition coefficient (Wildman–Crippen LogP) is 2.91. The van der Waals surface area contributed by atoms with E-state index in [-0.39, 0.29) is 24.4 Å². The van der Waals surface area contributed by atoms with Crippen molar-refractivity contribution in [1.29, 1.82) is 0 Å². The maximum Gasteiger partial charge on any atom is 0.250 e. The van der Waals surface area contributed by atoms with Crippen molar-refractivity contribution in [3.63, 3.8) is 0 Å². The van der Waals surface area contributed by atoms with Crippen molar-refractivity contribution in [2.24, 2.45) is 0 Å². The number of anilines is 1. The lowest BCUT2D eigenvalue weighted by atomic mass is 10.3. The maximum absolute atomic E-state index is 11.5. The molecule has 0 spiro atoms. The summed E-state index contributed by atoms with van der Waals surface area (Å²) in [4.78, 5) is 11.5. The minimum atomic E-state index is -0.275. The van der Waals surface area contributed by atoms with Gasteiger partial charge in [-0.1, -0.05) is 22.9 Å². The minimum Gasteiger partial charge on any atom is -0.506 e. The highest BCUT2D eigenvalue weighted by molar-refractivity contribution is 9.10. The Labute approximate surface area is 109 Å². The molecule has 0 fully saturated rings. The van der Waals surface area contributed by atoms with E-state index in [0.717, 1.165) is 10.9 Å². The SMILES string of the molecule is CC[C@H](C)OCC(=O)Nc1ccc(Br)cc1O. The van der Waals surface area contributed by atoms with Gasteiger partial charge in [0.25, 0.3) is 0 Å². The third-order valence-corrected chi connectivity index (χ3v) is 2.80. The fourth-order valence-corrected chi connectivity index (χ4v) is 1.48. The van der Waals surface area contributed by atoms with Crippen molar-refractivity contribution >= 4 is 27.5 Å². The molecule has 94 valence electrons. The van der Waals surface area contributed by atoms with Gasteiger partial charge in [-0.2, -0.15) is 0 Å². The molecule has 0 unspecified atom stereocenters. The maximum atomic E-state index is 11.5. The Kier molecular flexibility index (Phi) is 5.44.